The third-order valence-corrected chi connectivity index (χ3v) is 4.72. The number of carbonyl (C=O) groups is 2. The van der Waals surface area contributed by atoms with Gasteiger partial charge in [0.05, 0.1) is 5.92 Å². The lowest BCUT2D eigenvalue weighted by molar-refractivity contribution is -0.138. The first-order valence-corrected chi connectivity index (χ1v) is 8.18. The van der Waals surface area contributed by atoms with E-state index in [-0.39, 0.29) is 17.7 Å². The van der Waals surface area contributed by atoms with Crippen molar-refractivity contribution < 1.29 is 9.59 Å². The topological polar surface area (TPSA) is 40.6 Å². The van der Waals surface area contributed by atoms with Gasteiger partial charge >= 0.3 is 0 Å². The molecule has 1 aromatic carbocycles. The normalized spacial score (nSPS) is 29.0. The molecule has 0 unspecified atom stereocenters. The first kappa shape index (κ1) is 15.1. The second-order valence-corrected chi connectivity index (χ2v) is 6.93. The zero-order valence-corrected chi connectivity index (χ0v) is 13.4. The molecule has 0 aliphatic carbocycles. The Morgan fingerprint density at radius 2 is 1.68 bits per heavy atom. The Morgan fingerprint density at radius 3 is 2.32 bits per heavy atom. The van der Waals surface area contributed by atoms with E-state index < -0.39 is 0 Å². The fourth-order valence-corrected chi connectivity index (χ4v) is 3.83. The van der Waals surface area contributed by atoms with Crippen LogP contribution >= 0.6 is 0 Å². The Kier molecular flexibility index (Phi) is 4.19. The van der Waals surface area contributed by atoms with Gasteiger partial charge in [-0.2, -0.15) is 0 Å². The van der Waals surface area contributed by atoms with Gasteiger partial charge in [0.2, 0.25) is 11.8 Å². The van der Waals surface area contributed by atoms with E-state index in [9.17, 15) is 9.59 Å². The zero-order valence-electron chi connectivity index (χ0n) is 13.4. The molecule has 118 valence electrons. The molecule has 1 aromatic rings. The van der Waals surface area contributed by atoms with Crippen LogP contribution in [0.5, 0.6) is 0 Å². The van der Waals surface area contributed by atoms with Crippen LogP contribution in [0.25, 0.3) is 0 Å². The summed E-state index contributed by atoms with van der Waals surface area (Å²) in [6.45, 7) is 6.58. The van der Waals surface area contributed by atoms with Crippen LogP contribution in [-0.2, 0) is 9.59 Å². The number of likely N-dealkylation sites (tertiary alicyclic amines) is 1. The number of rotatable bonds is 2. The van der Waals surface area contributed by atoms with Crippen molar-refractivity contribution in [2.75, 3.05) is 24.5 Å². The summed E-state index contributed by atoms with van der Waals surface area (Å²) < 4.78 is 0. The van der Waals surface area contributed by atoms with Crippen molar-refractivity contribution in [2.45, 2.75) is 26.7 Å². The summed E-state index contributed by atoms with van der Waals surface area (Å²) in [5, 5.41) is 0. The number of anilines is 1. The highest BCUT2D eigenvalue weighted by Crippen LogP contribution is 2.28. The minimum absolute atomic E-state index is 0.0580. The monoisotopic (exact) mass is 300 g/mol. The van der Waals surface area contributed by atoms with Gasteiger partial charge in [0.15, 0.2) is 0 Å². The molecule has 2 saturated heterocycles. The highest BCUT2D eigenvalue weighted by Gasteiger charge is 2.38. The number of benzene rings is 1. The van der Waals surface area contributed by atoms with Gasteiger partial charge in [0, 0.05) is 31.7 Å². The molecule has 0 saturated carbocycles. The third kappa shape index (κ3) is 3.01. The number of carbonyl (C=O) groups excluding carboxylic acids is 2. The molecule has 2 aliphatic rings. The SMILES string of the molecule is C[C@H]1C[C@H](C)CN(C(=O)[C@@H]2CC(=O)N(c3ccccc3)C2)C1. The summed E-state index contributed by atoms with van der Waals surface area (Å²) in [7, 11) is 0. The van der Waals surface area contributed by atoms with Crippen LogP contribution in [0.15, 0.2) is 30.3 Å². The van der Waals surface area contributed by atoms with Crippen molar-refractivity contribution in [3.63, 3.8) is 0 Å². The number of hydrogen-bond acceptors (Lipinski definition) is 2. The van der Waals surface area contributed by atoms with Crippen molar-refractivity contribution in [1.82, 2.24) is 4.90 Å². The van der Waals surface area contributed by atoms with Gasteiger partial charge in [-0.25, -0.2) is 0 Å². The lowest BCUT2D eigenvalue weighted by Crippen LogP contribution is -2.45. The van der Waals surface area contributed by atoms with Crippen LogP contribution < -0.4 is 4.90 Å². The molecule has 4 nitrogen and oxygen atoms in total. The van der Waals surface area contributed by atoms with Gasteiger partial charge in [-0.1, -0.05) is 32.0 Å². The molecule has 0 spiro atoms. The average molecular weight is 300 g/mol. The van der Waals surface area contributed by atoms with E-state index >= 15 is 0 Å². The van der Waals surface area contributed by atoms with Crippen LogP contribution in [-0.4, -0.2) is 36.3 Å². The maximum Gasteiger partial charge on any atom is 0.228 e. The summed E-state index contributed by atoms with van der Waals surface area (Å²) in [6, 6.07) is 9.63. The van der Waals surface area contributed by atoms with Crippen LogP contribution in [0, 0.1) is 17.8 Å². The maximum atomic E-state index is 12.8. The van der Waals surface area contributed by atoms with Crippen molar-refractivity contribution in [1.29, 1.82) is 0 Å². The molecule has 2 aliphatic heterocycles. The van der Waals surface area contributed by atoms with Crippen LogP contribution in [0.3, 0.4) is 0 Å². The molecule has 2 heterocycles. The Hall–Kier alpha value is -1.84. The van der Waals surface area contributed by atoms with E-state index in [4.69, 9.17) is 0 Å². The zero-order chi connectivity index (χ0) is 15.7. The van der Waals surface area contributed by atoms with Gasteiger partial charge < -0.3 is 9.80 Å². The number of piperidine rings is 1. The first-order chi connectivity index (χ1) is 10.5. The summed E-state index contributed by atoms with van der Waals surface area (Å²) in [4.78, 5) is 28.7. The summed E-state index contributed by atoms with van der Waals surface area (Å²) in [6.07, 6.45) is 1.52. The Morgan fingerprint density at radius 1 is 1.05 bits per heavy atom. The van der Waals surface area contributed by atoms with E-state index in [2.05, 4.69) is 13.8 Å². The third-order valence-electron chi connectivity index (χ3n) is 4.72. The number of hydrogen-bond donors (Lipinski definition) is 0. The highest BCUT2D eigenvalue weighted by atomic mass is 16.2. The predicted molar refractivity (Wildman–Crippen MR) is 86.4 cm³/mol. The average Bonchev–Trinajstić information content (AvgIpc) is 2.88. The van der Waals surface area contributed by atoms with Gasteiger partial charge in [-0.15, -0.1) is 0 Å². The Labute approximate surface area is 132 Å². The van der Waals surface area contributed by atoms with E-state index in [1.54, 1.807) is 4.90 Å². The van der Waals surface area contributed by atoms with Crippen LogP contribution in [0.1, 0.15) is 26.7 Å². The van der Waals surface area contributed by atoms with Gasteiger partial charge in [0.25, 0.3) is 0 Å². The smallest absolute Gasteiger partial charge is 0.228 e. The summed E-state index contributed by atoms with van der Waals surface area (Å²) in [5.74, 6) is 1.13. The molecular formula is C18H24N2O2. The predicted octanol–water partition coefficient (Wildman–Crippen LogP) is 2.54. The van der Waals surface area contributed by atoms with Gasteiger partial charge in [0.1, 0.15) is 0 Å². The van der Waals surface area contributed by atoms with Crippen LogP contribution in [0.4, 0.5) is 5.69 Å². The lowest BCUT2D eigenvalue weighted by Gasteiger charge is -2.36. The molecule has 0 aromatic heterocycles. The minimum atomic E-state index is -0.190. The maximum absolute atomic E-state index is 12.8. The molecule has 2 fully saturated rings. The standard InChI is InChI=1S/C18H24N2O2/c1-13-8-14(2)11-19(10-13)18(22)15-9-17(21)20(12-15)16-6-4-3-5-7-16/h3-7,13-15H,8-12H2,1-2H3/t13-,14-,15+/m0/s1. The van der Waals surface area contributed by atoms with Gasteiger partial charge in [-0.05, 0) is 30.4 Å². The quantitative estimate of drug-likeness (QED) is 0.842. The van der Waals surface area contributed by atoms with E-state index in [0.29, 0.717) is 24.8 Å². The van der Waals surface area contributed by atoms with Crippen molar-refractivity contribution in [3.8, 4) is 0 Å². The molecule has 2 amide bonds. The second-order valence-electron chi connectivity index (χ2n) is 6.93. The first-order valence-electron chi connectivity index (χ1n) is 8.18. The molecule has 4 heteroatoms. The molecule has 0 bridgehead atoms. The fraction of sp³-hybridized carbons (Fsp3) is 0.556. The minimum Gasteiger partial charge on any atom is -0.342 e. The van der Waals surface area contributed by atoms with E-state index in [1.807, 2.05) is 35.2 Å². The molecule has 0 N–H and O–H groups in total. The molecule has 0 radical (unpaired) electrons. The second kappa shape index (κ2) is 6.11. The largest absolute Gasteiger partial charge is 0.342 e. The summed E-state index contributed by atoms with van der Waals surface area (Å²) >= 11 is 0. The molecule has 3 atom stereocenters. The summed E-state index contributed by atoms with van der Waals surface area (Å²) in [5.41, 5.74) is 0.892. The fourth-order valence-electron chi connectivity index (χ4n) is 3.83. The number of para-hydroxylation sites is 1. The number of nitrogens with zero attached hydrogens (tertiary/aromatic N) is 2. The molecular weight excluding hydrogens is 276 g/mol. The van der Waals surface area contributed by atoms with Crippen molar-refractivity contribution in [3.05, 3.63) is 30.3 Å². The lowest BCUT2D eigenvalue weighted by atomic mass is 9.91. The molecule has 3 rings (SSSR count). The van der Waals surface area contributed by atoms with Crippen molar-refractivity contribution in [2.24, 2.45) is 17.8 Å². The highest BCUT2D eigenvalue weighted by molar-refractivity contribution is 6.00. The number of amides is 2. The van der Waals surface area contributed by atoms with Crippen LogP contribution in [0.2, 0.25) is 0 Å². The van der Waals surface area contributed by atoms with Gasteiger partial charge in [-0.3, -0.25) is 9.59 Å². The Balaban J connectivity index is 1.69. The molecule has 22 heavy (non-hydrogen) atoms. The Bertz CT molecular complexity index is 547. The van der Waals surface area contributed by atoms with E-state index in [1.165, 1.54) is 6.42 Å². The van der Waals surface area contributed by atoms with E-state index in [0.717, 1.165) is 18.8 Å². The van der Waals surface area contributed by atoms with Crippen molar-refractivity contribution >= 4 is 17.5 Å².